The Morgan fingerprint density at radius 3 is 2.64 bits per heavy atom. The smallest absolute Gasteiger partial charge is 0.253 e. The van der Waals surface area contributed by atoms with Gasteiger partial charge in [0.15, 0.2) is 0 Å². The molecule has 0 bridgehead atoms. The van der Waals surface area contributed by atoms with Gasteiger partial charge in [-0.15, -0.1) is 0 Å². The fourth-order valence-electron chi connectivity index (χ4n) is 3.45. The minimum Gasteiger partial charge on any atom is -0.339 e. The Morgan fingerprint density at radius 1 is 1.18 bits per heavy atom. The number of nitrogens with zero attached hydrogens (tertiary/aromatic N) is 3. The molecule has 28 heavy (non-hydrogen) atoms. The lowest BCUT2D eigenvalue weighted by atomic mass is 9.97. The van der Waals surface area contributed by atoms with Gasteiger partial charge < -0.3 is 15.2 Å². The van der Waals surface area contributed by atoms with Crippen LogP contribution in [0.4, 0.5) is 0 Å². The topological polar surface area (TPSA) is 85.2 Å². The zero-order chi connectivity index (χ0) is 19.5. The molecule has 0 spiro atoms. The third kappa shape index (κ3) is 3.93. The van der Waals surface area contributed by atoms with Crippen LogP contribution in [0.25, 0.3) is 11.4 Å². The first kappa shape index (κ1) is 18.7. The van der Waals surface area contributed by atoms with E-state index in [1.807, 2.05) is 29.2 Å². The first-order valence-electron chi connectivity index (χ1n) is 9.32. The van der Waals surface area contributed by atoms with Crippen molar-refractivity contribution in [2.24, 2.45) is 5.73 Å². The van der Waals surface area contributed by atoms with E-state index in [-0.39, 0.29) is 11.8 Å². The molecule has 1 amide bonds. The van der Waals surface area contributed by atoms with E-state index in [1.54, 1.807) is 24.3 Å². The molecule has 0 radical (unpaired) electrons. The van der Waals surface area contributed by atoms with Gasteiger partial charge in [0.2, 0.25) is 11.7 Å². The largest absolute Gasteiger partial charge is 0.339 e. The van der Waals surface area contributed by atoms with Gasteiger partial charge in [-0.1, -0.05) is 41.0 Å². The molecular formula is C21H21ClN4O2. The molecule has 1 aromatic heterocycles. The molecule has 6 nitrogen and oxygen atoms in total. The molecule has 1 aliphatic rings. The summed E-state index contributed by atoms with van der Waals surface area (Å²) in [6, 6.07) is 14.8. The molecule has 2 N–H and O–H groups in total. The predicted octanol–water partition coefficient (Wildman–Crippen LogP) is 3.87. The third-order valence-corrected chi connectivity index (χ3v) is 5.29. The highest BCUT2D eigenvalue weighted by Gasteiger charge is 2.29. The van der Waals surface area contributed by atoms with Crippen LogP contribution in [-0.4, -0.2) is 34.0 Å². The van der Waals surface area contributed by atoms with Crippen LogP contribution in [-0.2, 0) is 6.54 Å². The van der Waals surface area contributed by atoms with Gasteiger partial charge >= 0.3 is 0 Å². The second-order valence-electron chi connectivity index (χ2n) is 6.95. The third-order valence-electron chi connectivity index (χ3n) is 5.04. The van der Waals surface area contributed by atoms with E-state index in [0.717, 1.165) is 30.5 Å². The maximum atomic E-state index is 12.8. The number of hydrogen-bond donors (Lipinski definition) is 1. The molecule has 1 fully saturated rings. The van der Waals surface area contributed by atoms with Gasteiger partial charge in [-0.3, -0.25) is 4.79 Å². The Balaban J connectivity index is 1.48. The molecule has 144 valence electrons. The number of carbonyl (C=O) groups is 1. The summed E-state index contributed by atoms with van der Waals surface area (Å²) in [4.78, 5) is 19.2. The first-order chi connectivity index (χ1) is 13.6. The van der Waals surface area contributed by atoms with E-state index in [0.29, 0.717) is 35.4 Å². The summed E-state index contributed by atoms with van der Waals surface area (Å²) in [5.74, 6) is 1.17. The fourth-order valence-corrected chi connectivity index (χ4v) is 3.57. The summed E-state index contributed by atoms with van der Waals surface area (Å²) in [5, 5.41) is 4.74. The van der Waals surface area contributed by atoms with Crippen molar-refractivity contribution in [1.82, 2.24) is 15.0 Å². The minimum absolute atomic E-state index is 0.00141. The van der Waals surface area contributed by atoms with Crippen LogP contribution in [0.1, 0.15) is 40.6 Å². The highest BCUT2D eigenvalue weighted by molar-refractivity contribution is 6.30. The van der Waals surface area contributed by atoms with Gasteiger partial charge in [0.05, 0.1) is 5.92 Å². The monoisotopic (exact) mass is 396 g/mol. The fraction of sp³-hybridized carbons (Fsp3) is 0.286. The lowest BCUT2D eigenvalue weighted by Gasteiger charge is -2.31. The summed E-state index contributed by atoms with van der Waals surface area (Å²) in [7, 11) is 0. The second-order valence-corrected chi connectivity index (χ2v) is 7.39. The van der Waals surface area contributed by atoms with Crippen molar-refractivity contribution >= 4 is 17.5 Å². The Kier molecular flexibility index (Phi) is 5.41. The number of aromatic nitrogens is 2. The van der Waals surface area contributed by atoms with Crippen LogP contribution < -0.4 is 5.73 Å². The number of likely N-dealkylation sites (tertiary alicyclic amines) is 1. The van der Waals surface area contributed by atoms with Crippen molar-refractivity contribution in [2.75, 3.05) is 13.1 Å². The van der Waals surface area contributed by atoms with E-state index in [9.17, 15) is 4.79 Å². The molecule has 1 atom stereocenters. The normalized spacial score (nSPS) is 16.9. The van der Waals surface area contributed by atoms with E-state index in [2.05, 4.69) is 10.1 Å². The quantitative estimate of drug-likeness (QED) is 0.723. The Labute approximate surface area is 168 Å². The number of nitrogens with two attached hydrogens (primary N) is 1. The van der Waals surface area contributed by atoms with E-state index in [1.165, 1.54) is 0 Å². The summed E-state index contributed by atoms with van der Waals surface area (Å²) in [6.45, 7) is 1.78. The van der Waals surface area contributed by atoms with Gasteiger partial charge in [-0.25, -0.2) is 0 Å². The molecule has 1 aliphatic heterocycles. The summed E-state index contributed by atoms with van der Waals surface area (Å²) in [5.41, 5.74) is 8.21. The highest BCUT2D eigenvalue weighted by atomic mass is 35.5. The summed E-state index contributed by atoms with van der Waals surface area (Å²) >= 11 is 5.92. The summed E-state index contributed by atoms with van der Waals surface area (Å²) in [6.07, 6.45) is 1.81. The van der Waals surface area contributed by atoms with Crippen molar-refractivity contribution in [3.8, 4) is 11.4 Å². The van der Waals surface area contributed by atoms with Crippen LogP contribution in [0.5, 0.6) is 0 Å². The van der Waals surface area contributed by atoms with Crippen LogP contribution in [0, 0.1) is 0 Å². The number of rotatable bonds is 4. The molecule has 4 rings (SSSR count). The second kappa shape index (κ2) is 8.12. The zero-order valence-corrected chi connectivity index (χ0v) is 16.1. The molecule has 2 aromatic carbocycles. The molecule has 1 unspecified atom stereocenters. The molecule has 0 saturated carbocycles. The molecule has 2 heterocycles. The number of piperidine rings is 1. The highest BCUT2D eigenvalue weighted by Crippen LogP contribution is 2.28. The van der Waals surface area contributed by atoms with Crippen LogP contribution in [0.15, 0.2) is 53.1 Å². The minimum atomic E-state index is -0.00141. The maximum absolute atomic E-state index is 12.8. The average molecular weight is 397 g/mol. The lowest BCUT2D eigenvalue weighted by molar-refractivity contribution is 0.0695. The molecule has 3 aromatic rings. The van der Waals surface area contributed by atoms with Gasteiger partial charge in [-0.2, -0.15) is 4.98 Å². The van der Waals surface area contributed by atoms with Crippen molar-refractivity contribution in [3.63, 3.8) is 0 Å². The number of hydrogen-bond acceptors (Lipinski definition) is 5. The van der Waals surface area contributed by atoms with Crippen molar-refractivity contribution in [3.05, 3.63) is 70.6 Å². The lowest BCUT2D eigenvalue weighted by Crippen LogP contribution is -2.39. The van der Waals surface area contributed by atoms with Crippen LogP contribution in [0.3, 0.4) is 0 Å². The van der Waals surface area contributed by atoms with Crippen molar-refractivity contribution < 1.29 is 9.32 Å². The average Bonchev–Trinajstić information content (AvgIpc) is 3.24. The number of benzene rings is 2. The van der Waals surface area contributed by atoms with E-state index in [4.69, 9.17) is 21.9 Å². The van der Waals surface area contributed by atoms with Gasteiger partial charge in [0, 0.05) is 35.8 Å². The zero-order valence-electron chi connectivity index (χ0n) is 15.3. The summed E-state index contributed by atoms with van der Waals surface area (Å²) < 4.78 is 5.52. The first-order valence-corrected chi connectivity index (χ1v) is 9.69. The number of carbonyl (C=O) groups excluding carboxylic acids is 1. The van der Waals surface area contributed by atoms with E-state index >= 15 is 0 Å². The maximum Gasteiger partial charge on any atom is 0.253 e. The van der Waals surface area contributed by atoms with Crippen LogP contribution >= 0.6 is 11.6 Å². The Bertz CT molecular complexity index is 953. The van der Waals surface area contributed by atoms with Crippen molar-refractivity contribution in [2.45, 2.75) is 25.3 Å². The van der Waals surface area contributed by atoms with Gasteiger partial charge in [0.25, 0.3) is 5.91 Å². The standard InChI is InChI=1S/C21H21ClN4O2/c22-18-9-7-16(8-10-18)21(27)26-11-1-2-17(13-26)20-24-19(25-28-20)15-5-3-14(12-23)4-6-15/h3-10,17H,1-2,11-13,23H2. The molecule has 7 heteroatoms. The Morgan fingerprint density at radius 2 is 1.93 bits per heavy atom. The number of amides is 1. The number of halogens is 1. The van der Waals surface area contributed by atoms with Crippen molar-refractivity contribution in [1.29, 1.82) is 0 Å². The molecule has 1 saturated heterocycles. The van der Waals surface area contributed by atoms with Gasteiger partial charge in [-0.05, 0) is 42.7 Å². The SMILES string of the molecule is NCc1ccc(-c2noc(C3CCCN(C(=O)c4ccc(Cl)cc4)C3)n2)cc1. The molecular weight excluding hydrogens is 376 g/mol. The van der Waals surface area contributed by atoms with E-state index < -0.39 is 0 Å². The molecule has 0 aliphatic carbocycles. The predicted molar refractivity (Wildman–Crippen MR) is 107 cm³/mol. The van der Waals surface area contributed by atoms with Gasteiger partial charge in [0.1, 0.15) is 0 Å². The van der Waals surface area contributed by atoms with Crippen LogP contribution in [0.2, 0.25) is 5.02 Å². The Hall–Kier alpha value is -2.70.